The Morgan fingerprint density at radius 1 is 1.09 bits per heavy atom. The number of rotatable bonds is 2. The van der Waals surface area contributed by atoms with Crippen LogP contribution >= 0.6 is 0 Å². The second kappa shape index (κ2) is 6.41. The first-order valence-electron chi connectivity index (χ1n) is 7.19. The number of hydrogen-bond donors (Lipinski definition) is 2. The van der Waals surface area contributed by atoms with Gasteiger partial charge in [0.1, 0.15) is 35.5 Å². The lowest BCUT2D eigenvalue weighted by Crippen LogP contribution is -2.44. The normalized spacial score (nSPS) is 19.4. The molecule has 1 heterocycles. The minimum atomic E-state index is -0.327. The quantitative estimate of drug-likeness (QED) is 0.875. The van der Waals surface area contributed by atoms with Gasteiger partial charge in [-0.05, 0) is 38.5 Å². The van der Waals surface area contributed by atoms with Crippen LogP contribution in [0.15, 0.2) is 40.7 Å². The molecule has 1 aromatic carbocycles. The molecule has 2 N–H and O–H groups in total. The lowest BCUT2D eigenvalue weighted by molar-refractivity contribution is 0.414. The number of ether oxygens (including phenoxy) is 1. The van der Waals surface area contributed by atoms with Crippen molar-refractivity contribution in [2.75, 3.05) is 7.11 Å². The van der Waals surface area contributed by atoms with E-state index >= 15 is 0 Å². The van der Waals surface area contributed by atoms with Crippen LogP contribution in [0.1, 0.15) is 32.4 Å². The molecule has 1 aromatic rings. The van der Waals surface area contributed by atoms with Gasteiger partial charge in [0.15, 0.2) is 5.70 Å². The van der Waals surface area contributed by atoms with Gasteiger partial charge in [0.05, 0.1) is 12.6 Å². The van der Waals surface area contributed by atoms with E-state index in [1.165, 1.54) is 0 Å². The van der Waals surface area contributed by atoms with Crippen molar-refractivity contribution in [3.63, 3.8) is 0 Å². The number of benzene rings is 1. The van der Waals surface area contributed by atoms with Gasteiger partial charge in [-0.25, -0.2) is 0 Å². The molecule has 0 radical (unpaired) electrons. The van der Waals surface area contributed by atoms with Gasteiger partial charge in [0.25, 0.3) is 0 Å². The van der Waals surface area contributed by atoms with Crippen molar-refractivity contribution in [1.29, 1.82) is 10.5 Å². The fourth-order valence-electron chi connectivity index (χ4n) is 2.21. The molecule has 2 rings (SSSR count). The van der Waals surface area contributed by atoms with Crippen LogP contribution in [0.5, 0.6) is 5.75 Å². The van der Waals surface area contributed by atoms with Crippen molar-refractivity contribution < 1.29 is 4.74 Å². The molecular weight excluding hydrogens is 290 g/mol. The summed E-state index contributed by atoms with van der Waals surface area (Å²) >= 11 is 0. The van der Waals surface area contributed by atoms with Crippen LogP contribution in [0, 0.1) is 22.7 Å². The average molecular weight is 309 g/mol. The highest BCUT2D eigenvalue weighted by Crippen LogP contribution is 2.24. The Labute approximate surface area is 136 Å². The zero-order chi connectivity index (χ0) is 17.0. The second-order valence-corrected chi connectivity index (χ2v) is 6.12. The number of allylic oxidation sites excluding steroid dienone is 2. The highest BCUT2D eigenvalue weighted by atomic mass is 16.5. The smallest absolute Gasteiger partial charge is 0.153 e. The van der Waals surface area contributed by atoms with E-state index < -0.39 is 0 Å². The molecule has 0 aromatic heterocycles. The molecule has 0 saturated carbocycles. The van der Waals surface area contributed by atoms with Gasteiger partial charge in [0, 0.05) is 0 Å². The molecule has 0 amide bonds. The van der Waals surface area contributed by atoms with Crippen LogP contribution in [-0.4, -0.2) is 18.5 Å². The van der Waals surface area contributed by atoms with E-state index in [0.717, 1.165) is 11.3 Å². The maximum Gasteiger partial charge on any atom is 0.153 e. The highest BCUT2D eigenvalue weighted by Gasteiger charge is 2.28. The SMILES string of the molecule is COc1ccc(C2NC(C#N)=C(C#N)NC2=NC(C)(C)C)cc1. The summed E-state index contributed by atoms with van der Waals surface area (Å²) in [5.41, 5.74) is 0.992. The van der Waals surface area contributed by atoms with E-state index in [1.807, 2.05) is 57.2 Å². The van der Waals surface area contributed by atoms with Gasteiger partial charge in [0.2, 0.25) is 0 Å². The van der Waals surface area contributed by atoms with Crippen LogP contribution in [0.2, 0.25) is 0 Å². The van der Waals surface area contributed by atoms with E-state index in [1.54, 1.807) is 7.11 Å². The topological polar surface area (TPSA) is 93.2 Å². The molecule has 0 bridgehead atoms. The average Bonchev–Trinajstić information content (AvgIpc) is 2.53. The van der Waals surface area contributed by atoms with Crippen LogP contribution in [0.25, 0.3) is 0 Å². The molecule has 118 valence electrons. The van der Waals surface area contributed by atoms with Crippen molar-refractivity contribution in [3.8, 4) is 17.9 Å². The maximum absolute atomic E-state index is 9.24. The Morgan fingerprint density at radius 3 is 2.17 bits per heavy atom. The van der Waals surface area contributed by atoms with Crippen LogP contribution in [0.4, 0.5) is 0 Å². The summed E-state index contributed by atoms with van der Waals surface area (Å²) in [6.07, 6.45) is 0. The highest BCUT2D eigenvalue weighted by molar-refractivity contribution is 5.92. The van der Waals surface area contributed by atoms with E-state index in [2.05, 4.69) is 15.6 Å². The molecular formula is C17H19N5O. The monoisotopic (exact) mass is 309 g/mol. The van der Waals surface area contributed by atoms with Crippen molar-refractivity contribution in [3.05, 3.63) is 41.2 Å². The third-order valence-electron chi connectivity index (χ3n) is 3.19. The standard InChI is InChI=1S/C17H19N5O/c1-17(2,3)22-16-15(11-5-7-12(23-4)8-6-11)20-13(9-18)14(10-19)21-16/h5-8,15,20H,1-4H3,(H,21,22). The molecule has 0 saturated heterocycles. The molecule has 1 unspecified atom stereocenters. The van der Waals surface area contributed by atoms with E-state index in [0.29, 0.717) is 5.84 Å². The van der Waals surface area contributed by atoms with Crippen molar-refractivity contribution in [1.82, 2.24) is 10.6 Å². The lowest BCUT2D eigenvalue weighted by atomic mass is 10.0. The van der Waals surface area contributed by atoms with E-state index in [-0.39, 0.29) is 23.0 Å². The fraction of sp³-hybridized carbons (Fsp3) is 0.353. The first-order valence-corrected chi connectivity index (χ1v) is 7.19. The summed E-state index contributed by atoms with van der Waals surface area (Å²) < 4.78 is 5.17. The fourth-order valence-corrected chi connectivity index (χ4v) is 2.21. The van der Waals surface area contributed by atoms with Crippen molar-refractivity contribution >= 4 is 5.84 Å². The maximum atomic E-state index is 9.24. The summed E-state index contributed by atoms with van der Waals surface area (Å²) in [6, 6.07) is 11.2. The molecule has 1 aliphatic heterocycles. The van der Waals surface area contributed by atoms with Gasteiger partial charge in [-0.2, -0.15) is 10.5 Å². The summed E-state index contributed by atoms with van der Waals surface area (Å²) in [7, 11) is 1.61. The number of nitrogens with zero attached hydrogens (tertiary/aromatic N) is 3. The van der Waals surface area contributed by atoms with Gasteiger partial charge in [-0.15, -0.1) is 0 Å². The first kappa shape index (κ1) is 16.4. The Kier molecular flexibility index (Phi) is 4.57. The molecule has 6 nitrogen and oxygen atoms in total. The van der Waals surface area contributed by atoms with Crippen molar-refractivity contribution in [2.45, 2.75) is 32.4 Å². The summed E-state index contributed by atoms with van der Waals surface area (Å²) in [5.74, 6) is 1.36. The van der Waals surface area contributed by atoms with Gasteiger partial charge in [-0.3, -0.25) is 4.99 Å². The largest absolute Gasteiger partial charge is 0.497 e. The number of aliphatic imine (C=N–C) groups is 1. The van der Waals surface area contributed by atoms with Gasteiger partial charge in [-0.1, -0.05) is 12.1 Å². The van der Waals surface area contributed by atoms with E-state index in [9.17, 15) is 10.5 Å². The molecule has 0 spiro atoms. The minimum Gasteiger partial charge on any atom is -0.497 e. The second-order valence-electron chi connectivity index (χ2n) is 6.12. The summed E-state index contributed by atoms with van der Waals surface area (Å²) in [5, 5.41) is 24.5. The van der Waals surface area contributed by atoms with Crippen LogP contribution < -0.4 is 15.4 Å². The third kappa shape index (κ3) is 3.81. The van der Waals surface area contributed by atoms with E-state index in [4.69, 9.17) is 4.74 Å². The molecule has 0 aliphatic carbocycles. The molecule has 0 fully saturated rings. The number of nitriles is 2. The Hall–Kier alpha value is -2.99. The third-order valence-corrected chi connectivity index (χ3v) is 3.19. The van der Waals surface area contributed by atoms with Crippen LogP contribution in [-0.2, 0) is 0 Å². The van der Waals surface area contributed by atoms with Gasteiger partial charge < -0.3 is 15.4 Å². The number of nitrogens with one attached hydrogen (secondary N) is 2. The Balaban J connectivity index is 2.49. The number of amidine groups is 1. The van der Waals surface area contributed by atoms with Crippen LogP contribution in [0.3, 0.4) is 0 Å². The molecule has 23 heavy (non-hydrogen) atoms. The van der Waals surface area contributed by atoms with Crippen molar-refractivity contribution in [2.24, 2.45) is 4.99 Å². The summed E-state index contributed by atoms with van der Waals surface area (Å²) in [4.78, 5) is 4.65. The predicted molar refractivity (Wildman–Crippen MR) is 87.4 cm³/mol. The number of methoxy groups -OCH3 is 1. The first-order chi connectivity index (χ1) is 10.9. The Bertz CT molecular complexity index is 726. The number of hydrogen-bond acceptors (Lipinski definition) is 5. The minimum absolute atomic E-state index is 0.181. The predicted octanol–water partition coefficient (Wildman–Crippen LogP) is 2.38. The zero-order valence-corrected chi connectivity index (χ0v) is 13.6. The molecule has 6 heteroatoms. The molecule has 1 aliphatic rings. The lowest BCUT2D eigenvalue weighted by Gasteiger charge is -2.29. The Morgan fingerprint density at radius 2 is 1.70 bits per heavy atom. The zero-order valence-electron chi connectivity index (χ0n) is 13.6. The summed E-state index contributed by atoms with van der Waals surface area (Å²) in [6.45, 7) is 5.92. The van der Waals surface area contributed by atoms with Gasteiger partial charge >= 0.3 is 0 Å². The molecule has 1 atom stereocenters.